The van der Waals surface area contributed by atoms with E-state index in [4.69, 9.17) is 5.11 Å². The van der Waals surface area contributed by atoms with Crippen LogP contribution in [0.2, 0.25) is 0 Å². The highest BCUT2D eigenvalue weighted by Gasteiger charge is 2.27. The molecule has 0 saturated carbocycles. The molecule has 2 rings (SSSR count). The van der Waals surface area contributed by atoms with Crippen LogP contribution >= 0.6 is 0 Å². The van der Waals surface area contributed by atoms with Crippen LogP contribution in [0, 0.1) is 29.1 Å². The topological polar surface area (TPSA) is 50.2 Å². The van der Waals surface area contributed by atoms with Gasteiger partial charge in [-0.05, 0) is 12.1 Å². The number of aromatic nitrogens is 1. The fourth-order valence-electron chi connectivity index (χ4n) is 1.53. The lowest BCUT2D eigenvalue weighted by Crippen LogP contribution is -2.06. The van der Waals surface area contributed by atoms with Gasteiger partial charge in [-0.1, -0.05) is 0 Å². The molecule has 20 heavy (non-hydrogen) atoms. The molecule has 0 radical (unpaired) electrons. The highest BCUT2D eigenvalue weighted by atomic mass is 19.2. The number of carboxylic acid groups (broad SMARTS) is 1. The number of hydrogen-bond donors (Lipinski definition) is 1. The van der Waals surface area contributed by atoms with Gasteiger partial charge in [-0.25, -0.2) is 26.7 Å². The van der Waals surface area contributed by atoms with Gasteiger partial charge in [0.1, 0.15) is 0 Å². The van der Waals surface area contributed by atoms with Crippen LogP contribution in [0.15, 0.2) is 18.3 Å². The lowest BCUT2D eigenvalue weighted by molar-refractivity contribution is 0.0696. The van der Waals surface area contributed by atoms with Gasteiger partial charge < -0.3 is 5.11 Å². The summed E-state index contributed by atoms with van der Waals surface area (Å²) in [7, 11) is 0. The summed E-state index contributed by atoms with van der Waals surface area (Å²) in [5.74, 6) is -12.1. The monoisotopic (exact) mass is 289 g/mol. The van der Waals surface area contributed by atoms with E-state index in [0.717, 1.165) is 12.3 Å². The second-order valence-corrected chi connectivity index (χ2v) is 3.68. The second kappa shape index (κ2) is 4.87. The molecule has 0 spiro atoms. The van der Waals surface area contributed by atoms with E-state index in [1.54, 1.807) is 0 Å². The minimum absolute atomic E-state index is 0.404. The smallest absolute Gasteiger partial charge is 0.335 e. The van der Waals surface area contributed by atoms with Crippen molar-refractivity contribution in [3.05, 3.63) is 53.0 Å². The number of pyridine rings is 1. The summed E-state index contributed by atoms with van der Waals surface area (Å²) in [4.78, 5) is 14.1. The van der Waals surface area contributed by atoms with Gasteiger partial charge in [0.05, 0.1) is 16.8 Å². The van der Waals surface area contributed by atoms with E-state index in [0.29, 0.717) is 6.07 Å². The molecule has 8 heteroatoms. The van der Waals surface area contributed by atoms with Gasteiger partial charge in [0.2, 0.25) is 5.82 Å². The van der Waals surface area contributed by atoms with Gasteiger partial charge >= 0.3 is 5.97 Å². The molecular formula is C12H4F5NO2. The number of benzene rings is 1. The fourth-order valence-corrected chi connectivity index (χ4v) is 1.53. The van der Waals surface area contributed by atoms with Gasteiger partial charge in [-0.15, -0.1) is 0 Å². The molecule has 3 nitrogen and oxygen atoms in total. The molecule has 1 heterocycles. The highest BCUT2D eigenvalue weighted by Crippen LogP contribution is 2.30. The number of hydrogen-bond acceptors (Lipinski definition) is 2. The summed E-state index contributed by atoms with van der Waals surface area (Å²) in [6, 6.07) is 1.72. The molecule has 1 aromatic heterocycles. The first-order valence-electron chi connectivity index (χ1n) is 5.05. The molecule has 104 valence electrons. The summed E-state index contributed by atoms with van der Waals surface area (Å²) in [5, 5.41) is 8.72. The van der Waals surface area contributed by atoms with Crippen LogP contribution in [0.4, 0.5) is 22.0 Å². The Hall–Kier alpha value is -2.51. The summed E-state index contributed by atoms with van der Waals surface area (Å²) in [6.45, 7) is 0. The molecule has 2 aromatic rings. The maximum atomic E-state index is 13.5. The van der Waals surface area contributed by atoms with Crippen molar-refractivity contribution in [2.24, 2.45) is 0 Å². The van der Waals surface area contributed by atoms with Crippen molar-refractivity contribution in [3.8, 4) is 11.3 Å². The number of rotatable bonds is 2. The van der Waals surface area contributed by atoms with E-state index in [9.17, 15) is 26.7 Å². The van der Waals surface area contributed by atoms with Crippen molar-refractivity contribution >= 4 is 5.97 Å². The molecule has 0 fully saturated rings. The van der Waals surface area contributed by atoms with Crippen molar-refractivity contribution < 1.29 is 31.9 Å². The Morgan fingerprint density at radius 2 is 1.45 bits per heavy atom. The molecule has 1 N–H and O–H groups in total. The quantitative estimate of drug-likeness (QED) is 0.525. The zero-order valence-corrected chi connectivity index (χ0v) is 9.42. The van der Waals surface area contributed by atoms with Crippen LogP contribution in [0.5, 0.6) is 0 Å². The molecule has 0 bridgehead atoms. The number of carboxylic acids is 1. The summed E-state index contributed by atoms with van der Waals surface area (Å²) in [6.07, 6.45) is 0.886. The Morgan fingerprint density at radius 3 is 1.95 bits per heavy atom. The predicted molar refractivity (Wildman–Crippen MR) is 56.4 cm³/mol. The van der Waals surface area contributed by atoms with Gasteiger partial charge in [0.25, 0.3) is 0 Å². The van der Waals surface area contributed by atoms with Crippen LogP contribution in [-0.2, 0) is 0 Å². The third-order valence-electron chi connectivity index (χ3n) is 2.47. The Morgan fingerprint density at radius 1 is 0.950 bits per heavy atom. The van der Waals surface area contributed by atoms with Crippen molar-refractivity contribution in [3.63, 3.8) is 0 Å². The summed E-state index contributed by atoms with van der Waals surface area (Å²) < 4.78 is 66.0. The lowest BCUT2D eigenvalue weighted by Gasteiger charge is -2.08. The number of halogens is 5. The lowest BCUT2D eigenvalue weighted by atomic mass is 10.1. The molecule has 0 aliphatic rings. The maximum absolute atomic E-state index is 13.5. The largest absolute Gasteiger partial charge is 0.478 e. The summed E-state index contributed by atoms with van der Waals surface area (Å²) in [5.41, 5.74) is -2.35. The van der Waals surface area contributed by atoms with Crippen LogP contribution < -0.4 is 0 Å². The SMILES string of the molecule is O=C(O)c1ccnc(-c2c(F)c(F)c(F)c(F)c2F)c1. The van der Waals surface area contributed by atoms with Crippen LogP contribution in [0.3, 0.4) is 0 Å². The van der Waals surface area contributed by atoms with Crippen molar-refractivity contribution in [2.75, 3.05) is 0 Å². The Bertz CT molecular complexity index is 688. The van der Waals surface area contributed by atoms with Crippen LogP contribution in [0.25, 0.3) is 11.3 Å². The normalized spacial score (nSPS) is 10.7. The first-order chi connectivity index (χ1) is 9.34. The van der Waals surface area contributed by atoms with Gasteiger partial charge in [0, 0.05) is 6.20 Å². The minimum Gasteiger partial charge on any atom is -0.478 e. The van der Waals surface area contributed by atoms with Crippen LogP contribution in [-0.4, -0.2) is 16.1 Å². The highest BCUT2D eigenvalue weighted by molar-refractivity contribution is 5.88. The van der Waals surface area contributed by atoms with E-state index in [-0.39, 0.29) is 0 Å². The Labute approximate surface area is 108 Å². The van der Waals surface area contributed by atoms with Gasteiger partial charge in [0.15, 0.2) is 23.3 Å². The van der Waals surface area contributed by atoms with E-state index >= 15 is 0 Å². The zero-order valence-electron chi connectivity index (χ0n) is 9.42. The molecule has 0 saturated heterocycles. The van der Waals surface area contributed by atoms with Crippen molar-refractivity contribution in [1.29, 1.82) is 0 Å². The third-order valence-corrected chi connectivity index (χ3v) is 2.47. The fraction of sp³-hybridized carbons (Fsp3) is 0. The third kappa shape index (κ3) is 2.09. The second-order valence-electron chi connectivity index (χ2n) is 3.68. The maximum Gasteiger partial charge on any atom is 0.335 e. The van der Waals surface area contributed by atoms with E-state index in [1.807, 2.05) is 0 Å². The molecule has 0 amide bonds. The molecule has 0 atom stereocenters. The number of aromatic carboxylic acids is 1. The average molecular weight is 289 g/mol. The molecule has 1 aromatic carbocycles. The predicted octanol–water partition coefficient (Wildman–Crippen LogP) is 3.14. The number of carbonyl (C=O) groups is 1. The Kier molecular flexibility index (Phi) is 3.39. The minimum atomic E-state index is -2.29. The van der Waals surface area contributed by atoms with Crippen LogP contribution in [0.1, 0.15) is 10.4 Å². The molecule has 0 unspecified atom stereocenters. The van der Waals surface area contributed by atoms with E-state index < -0.39 is 51.9 Å². The first-order valence-corrected chi connectivity index (χ1v) is 5.05. The number of nitrogens with zero attached hydrogens (tertiary/aromatic N) is 1. The molecular weight excluding hydrogens is 285 g/mol. The molecule has 0 aliphatic carbocycles. The molecule has 0 aliphatic heterocycles. The zero-order chi connectivity index (χ0) is 15.0. The summed E-state index contributed by atoms with van der Waals surface area (Å²) >= 11 is 0. The Balaban J connectivity index is 2.76. The van der Waals surface area contributed by atoms with Crippen molar-refractivity contribution in [2.45, 2.75) is 0 Å². The van der Waals surface area contributed by atoms with E-state index in [1.165, 1.54) is 0 Å². The van der Waals surface area contributed by atoms with Gasteiger partial charge in [-0.3, -0.25) is 4.98 Å². The average Bonchev–Trinajstić information content (AvgIpc) is 2.43. The van der Waals surface area contributed by atoms with Gasteiger partial charge in [-0.2, -0.15) is 0 Å². The first kappa shape index (κ1) is 13.9. The van der Waals surface area contributed by atoms with E-state index in [2.05, 4.69) is 4.98 Å². The van der Waals surface area contributed by atoms with Crippen molar-refractivity contribution in [1.82, 2.24) is 4.98 Å². The standard InChI is InChI=1S/C12H4F5NO2/c13-7-6(8(14)10(16)11(17)9(7)15)5-3-4(12(19)20)1-2-18-5/h1-3H,(H,19,20).